The van der Waals surface area contributed by atoms with E-state index in [0.717, 1.165) is 30.4 Å². The molecule has 1 saturated heterocycles. The summed E-state index contributed by atoms with van der Waals surface area (Å²) in [6.07, 6.45) is 6.13. The van der Waals surface area contributed by atoms with Crippen molar-refractivity contribution in [2.24, 2.45) is 0 Å². The number of aromatic nitrogens is 2. The van der Waals surface area contributed by atoms with E-state index < -0.39 is 10.0 Å². The van der Waals surface area contributed by atoms with Crippen molar-refractivity contribution >= 4 is 15.9 Å². The van der Waals surface area contributed by atoms with Gasteiger partial charge < -0.3 is 9.84 Å². The van der Waals surface area contributed by atoms with Crippen LogP contribution in [0.4, 0.5) is 0 Å². The third-order valence-electron chi connectivity index (χ3n) is 5.04. The van der Waals surface area contributed by atoms with Crippen LogP contribution in [-0.4, -0.2) is 41.9 Å². The van der Waals surface area contributed by atoms with Gasteiger partial charge in [-0.3, -0.25) is 9.78 Å². The van der Waals surface area contributed by atoms with Crippen LogP contribution in [0.25, 0.3) is 11.3 Å². The normalized spacial score (nSPS) is 15.1. The molecule has 0 spiro atoms. The molecule has 0 bridgehead atoms. The molecule has 0 atom stereocenters. The molecule has 0 unspecified atom stereocenters. The van der Waals surface area contributed by atoms with Gasteiger partial charge in [-0.05, 0) is 42.7 Å². The largest absolute Gasteiger partial charge is 0.355 e. The number of sulfonamides is 1. The van der Waals surface area contributed by atoms with E-state index in [1.54, 1.807) is 54.9 Å². The molecule has 1 aromatic carbocycles. The van der Waals surface area contributed by atoms with Gasteiger partial charge in [0.2, 0.25) is 10.0 Å². The standard InChI is InChI=1S/C21H22N4O4S/c26-21(19-14-20(29-24-19)17-8-10-22-11-9-17)23-15-16-4-6-18(7-5-16)30(27,28)25-12-2-1-3-13-25/h4-11,14H,1-3,12-13,15H2,(H,23,26). The fraction of sp³-hybridized carbons (Fsp3) is 0.286. The molecule has 0 saturated carbocycles. The molecule has 8 nitrogen and oxygen atoms in total. The van der Waals surface area contributed by atoms with Crippen molar-refractivity contribution in [1.29, 1.82) is 0 Å². The van der Waals surface area contributed by atoms with Crippen molar-refractivity contribution in [2.75, 3.05) is 13.1 Å². The zero-order chi connectivity index (χ0) is 21.0. The average Bonchev–Trinajstić information content (AvgIpc) is 3.29. The van der Waals surface area contributed by atoms with Gasteiger partial charge in [0.15, 0.2) is 11.5 Å². The van der Waals surface area contributed by atoms with Crippen molar-refractivity contribution in [3.8, 4) is 11.3 Å². The lowest BCUT2D eigenvalue weighted by Gasteiger charge is -2.25. The van der Waals surface area contributed by atoms with Crippen molar-refractivity contribution in [1.82, 2.24) is 19.8 Å². The first-order chi connectivity index (χ1) is 14.5. The van der Waals surface area contributed by atoms with E-state index in [-0.39, 0.29) is 23.0 Å². The summed E-state index contributed by atoms with van der Waals surface area (Å²) < 4.78 is 32.2. The number of nitrogens with one attached hydrogen (secondary N) is 1. The van der Waals surface area contributed by atoms with Gasteiger partial charge in [0.05, 0.1) is 4.90 Å². The monoisotopic (exact) mass is 426 g/mol. The molecule has 30 heavy (non-hydrogen) atoms. The second kappa shape index (κ2) is 8.76. The van der Waals surface area contributed by atoms with Crippen LogP contribution in [0.3, 0.4) is 0 Å². The molecule has 1 N–H and O–H groups in total. The number of pyridine rings is 1. The number of rotatable bonds is 6. The minimum absolute atomic E-state index is 0.172. The summed E-state index contributed by atoms with van der Waals surface area (Å²) in [6.45, 7) is 1.39. The second-order valence-corrected chi connectivity index (χ2v) is 9.04. The Kier molecular flexibility index (Phi) is 5.91. The summed E-state index contributed by atoms with van der Waals surface area (Å²) in [4.78, 5) is 16.6. The molecule has 2 aromatic heterocycles. The highest BCUT2D eigenvalue weighted by Gasteiger charge is 2.25. The van der Waals surface area contributed by atoms with Gasteiger partial charge in [-0.25, -0.2) is 8.42 Å². The van der Waals surface area contributed by atoms with Crippen LogP contribution in [0.15, 0.2) is 64.3 Å². The van der Waals surface area contributed by atoms with Gasteiger partial charge >= 0.3 is 0 Å². The maximum Gasteiger partial charge on any atom is 0.273 e. The number of carbonyl (C=O) groups excluding carboxylic acids is 1. The highest BCUT2D eigenvalue weighted by atomic mass is 32.2. The summed E-state index contributed by atoms with van der Waals surface area (Å²) in [5, 5.41) is 6.58. The van der Waals surface area contributed by atoms with Gasteiger partial charge in [0, 0.05) is 43.7 Å². The lowest BCUT2D eigenvalue weighted by Crippen LogP contribution is -2.35. The summed E-state index contributed by atoms with van der Waals surface area (Å²) in [7, 11) is -3.46. The lowest BCUT2D eigenvalue weighted by atomic mass is 10.2. The fourth-order valence-corrected chi connectivity index (χ4v) is 4.86. The highest BCUT2D eigenvalue weighted by molar-refractivity contribution is 7.89. The summed E-state index contributed by atoms with van der Waals surface area (Å²) in [5.74, 6) is 0.110. The predicted octanol–water partition coefficient (Wildman–Crippen LogP) is 2.84. The second-order valence-electron chi connectivity index (χ2n) is 7.10. The van der Waals surface area contributed by atoms with E-state index >= 15 is 0 Å². The van der Waals surface area contributed by atoms with E-state index in [1.165, 1.54) is 4.31 Å². The smallest absolute Gasteiger partial charge is 0.273 e. The van der Waals surface area contributed by atoms with Gasteiger partial charge in [-0.2, -0.15) is 4.31 Å². The summed E-state index contributed by atoms with van der Waals surface area (Å²) >= 11 is 0. The zero-order valence-corrected chi connectivity index (χ0v) is 17.1. The first kappa shape index (κ1) is 20.2. The third-order valence-corrected chi connectivity index (χ3v) is 6.95. The van der Waals surface area contributed by atoms with E-state index in [2.05, 4.69) is 15.5 Å². The van der Waals surface area contributed by atoms with E-state index in [1.807, 2.05) is 0 Å². The molecule has 156 valence electrons. The maximum atomic E-state index is 12.7. The Bertz CT molecular complexity index is 1110. The van der Waals surface area contributed by atoms with Gasteiger partial charge in [-0.1, -0.05) is 23.7 Å². The SMILES string of the molecule is O=C(NCc1ccc(S(=O)(=O)N2CCCCC2)cc1)c1cc(-c2ccncc2)on1. The Morgan fingerprint density at radius 3 is 2.43 bits per heavy atom. The Hall–Kier alpha value is -3.04. The minimum atomic E-state index is -3.46. The number of carbonyl (C=O) groups is 1. The quantitative estimate of drug-likeness (QED) is 0.650. The molecule has 1 amide bonds. The topological polar surface area (TPSA) is 105 Å². The van der Waals surface area contributed by atoms with Crippen molar-refractivity contribution in [3.63, 3.8) is 0 Å². The number of nitrogens with zero attached hydrogens (tertiary/aromatic N) is 3. The van der Waals surface area contributed by atoms with Crippen LogP contribution in [0, 0.1) is 0 Å². The van der Waals surface area contributed by atoms with Crippen LogP contribution in [0.2, 0.25) is 0 Å². The first-order valence-electron chi connectivity index (χ1n) is 9.78. The first-order valence-corrected chi connectivity index (χ1v) is 11.2. The van der Waals surface area contributed by atoms with Crippen molar-refractivity contribution in [3.05, 3.63) is 66.1 Å². The maximum absolute atomic E-state index is 12.7. The molecular weight excluding hydrogens is 404 g/mol. The lowest BCUT2D eigenvalue weighted by molar-refractivity contribution is 0.0942. The van der Waals surface area contributed by atoms with Gasteiger partial charge in [0.1, 0.15) is 0 Å². The molecule has 1 aliphatic heterocycles. The summed E-state index contributed by atoms with van der Waals surface area (Å²) in [6, 6.07) is 11.7. The molecular formula is C21H22N4O4S. The zero-order valence-electron chi connectivity index (χ0n) is 16.3. The van der Waals surface area contributed by atoms with E-state index in [0.29, 0.717) is 18.8 Å². The number of benzene rings is 1. The van der Waals surface area contributed by atoms with Gasteiger partial charge in [0.25, 0.3) is 5.91 Å². The van der Waals surface area contributed by atoms with E-state index in [9.17, 15) is 13.2 Å². The minimum Gasteiger partial charge on any atom is -0.355 e. The average molecular weight is 426 g/mol. The Morgan fingerprint density at radius 1 is 1.03 bits per heavy atom. The van der Waals surface area contributed by atoms with Crippen molar-refractivity contribution in [2.45, 2.75) is 30.7 Å². The molecule has 9 heteroatoms. The third kappa shape index (κ3) is 4.42. The van der Waals surface area contributed by atoms with Crippen LogP contribution in [0.5, 0.6) is 0 Å². The Labute approximate surface area is 175 Å². The fourth-order valence-electron chi connectivity index (χ4n) is 3.34. The number of hydrogen-bond donors (Lipinski definition) is 1. The molecule has 0 radical (unpaired) electrons. The van der Waals surface area contributed by atoms with Crippen LogP contribution in [-0.2, 0) is 16.6 Å². The Balaban J connectivity index is 1.37. The van der Waals surface area contributed by atoms with Crippen LogP contribution < -0.4 is 5.32 Å². The molecule has 4 rings (SSSR count). The highest BCUT2D eigenvalue weighted by Crippen LogP contribution is 2.21. The van der Waals surface area contributed by atoms with Crippen molar-refractivity contribution < 1.29 is 17.7 Å². The Morgan fingerprint density at radius 2 is 1.73 bits per heavy atom. The molecule has 3 heterocycles. The molecule has 0 aliphatic carbocycles. The van der Waals surface area contributed by atoms with E-state index in [4.69, 9.17) is 4.52 Å². The molecule has 3 aromatic rings. The number of piperidine rings is 1. The summed E-state index contributed by atoms with van der Waals surface area (Å²) in [5.41, 5.74) is 1.74. The van der Waals surface area contributed by atoms with Gasteiger partial charge in [-0.15, -0.1) is 0 Å². The molecule has 1 aliphatic rings. The number of hydrogen-bond acceptors (Lipinski definition) is 6. The van der Waals surface area contributed by atoms with Crippen LogP contribution >= 0.6 is 0 Å². The number of amides is 1. The van der Waals surface area contributed by atoms with Crippen LogP contribution in [0.1, 0.15) is 35.3 Å². The molecule has 1 fully saturated rings. The predicted molar refractivity (Wildman–Crippen MR) is 110 cm³/mol.